The molecule has 2 heterocycles. The summed E-state index contributed by atoms with van der Waals surface area (Å²) in [6.45, 7) is 3.87. The predicted molar refractivity (Wildman–Crippen MR) is 103 cm³/mol. The summed E-state index contributed by atoms with van der Waals surface area (Å²) in [7, 11) is 1.62. The predicted octanol–water partition coefficient (Wildman–Crippen LogP) is 3.26. The zero-order valence-corrected chi connectivity index (χ0v) is 15.7. The first-order valence-electron chi connectivity index (χ1n) is 8.17. The molecule has 0 aliphatic heterocycles. The van der Waals surface area contributed by atoms with Crippen molar-refractivity contribution in [3.05, 3.63) is 64.1 Å². The number of hydrogen-bond acceptors (Lipinski definition) is 4. The van der Waals surface area contributed by atoms with Crippen molar-refractivity contribution in [3.8, 4) is 5.69 Å². The van der Waals surface area contributed by atoms with Gasteiger partial charge in [0, 0.05) is 12.7 Å². The number of aryl methyl sites for hydroxylation is 2. The maximum atomic E-state index is 12.4. The number of thiophene rings is 1. The van der Waals surface area contributed by atoms with Gasteiger partial charge in [0.25, 0.3) is 5.91 Å². The molecular formula is C19H20N4O2S. The van der Waals surface area contributed by atoms with Gasteiger partial charge in [-0.1, -0.05) is 18.2 Å². The molecule has 2 aromatic heterocycles. The van der Waals surface area contributed by atoms with Gasteiger partial charge in [0.2, 0.25) is 5.91 Å². The highest BCUT2D eigenvalue weighted by Gasteiger charge is 2.17. The molecule has 1 N–H and O–H groups in total. The summed E-state index contributed by atoms with van der Waals surface area (Å²) in [5.41, 5.74) is 3.33. The Hall–Kier alpha value is -2.93. The number of likely N-dealkylation sites (N-methyl/N-ethyl adjacent to an activating group) is 1. The van der Waals surface area contributed by atoms with Crippen molar-refractivity contribution in [2.45, 2.75) is 13.8 Å². The highest BCUT2D eigenvalue weighted by molar-refractivity contribution is 7.12. The zero-order valence-electron chi connectivity index (χ0n) is 14.9. The van der Waals surface area contributed by atoms with Crippen LogP contribution in [0.25, 0.3) is 5.69 Å². The van der Waals surface area contributed by atoms with Crippen molar-refractivity contribution < 1.29 is 9.59 Å². The number of rotatable bonds is 5. The molecule has 0 saturated carbocycles. The van der Waals surface area contributed by atoms with Gasteiger partial charge in [-0.2, -0.15) is 5.10 Å². The van der Waals surface area contributed by atoms with Gasteiger partial charge >= 0.3 is 0 Å². The minimum Gasteiger partial charge on any atom is -0.332 e. The lowest BCUT2D eigenvalue weighted by Crippen LogP contribution is -2.34. The van der Waals surface area contributed by atoms with Crippen molar-refractivity contribution >= 4 is 28.8 Å². The zero-order chi connectivity index (χ0) is 18.7. The Balaban J connectivity index is 1.74. The molecule has 134 valence electrons. The molecule has 26 heavy (non-hydrogen) atoms. The maximum Gasteiger partial charge on any atom is 0.264 e. The van der Waals surface area contributed by atoms with Crippen LogP contribution in [-0.4, -0.2) is 40.1 Å². The van der Waals surface area contributed by atoms with Crippen LogP contribution in [0.15, 0.2) is 47.8 Å². The lowest BCUT2D eigenvalue weighted by atomic mass is 10.2. The number of aromatic nitrogens is 2. The van der Waals surface area contributed by atoms with Crippen molar-refractivity contribution in [2.75, 3.05) is 18.9 Å². The van der Waals surface area contributed by atoms with Crippen molar-refractivity contribution in [2.24, 2.45) is 0 Å². The molecule has 0 spiro atoms. The molecular weight excluding hydrogens is 348 g/mol. The topological polar surface area (TPSA) is 67.2 Å². The molecule has 0 aliphatic carbocycles. The second-order valence-corrected chi connectivity index (χ2v) is 6.99. The Morgan fingerprint density at radius 1 is 1.19 bits per heavy atom. The Kier molecular flexibility index (Phi) is 5.18. The fourth-order valence-corrected chi connectivity index (χ4v) is 3.42. The van der Waals surface area contributed by atoms with E-state index in [1.54, 1.807) is 17.8 Å². The van der Waals surface area contributed by atoms with E-state index in [0.29, 0.717) is 10.6 Å². The average molecular weight is 368 g/mol. The van der Waals surface area contributed by atoms with Gasteiger partial charge in [0.05, 0.1) is 28.5 Å². The van der Waals surface area contributed by atoms with E-state index in [1.807, 2.05) is 55.6 Å². The molecule has 0 radical (unpaired) electrons. The molecule has 1 aromatic carbocycles. The quantitative estimate of drug-likeness (QED) is 0.752. The van der Waals surface area contributed by atoms with Gasteiger partial charge < -0.3 is 10.2 Å². The summed E-state index contributed by atoms with van der Waals surface area (Å²) < 4.78 is 1.80. The second kappa shape index (κ2) is 7.53. The van der Waals surface area contributed by atoms with Gasteiger partial charge in [-0.25, -0.2) is 4.68 Å². The van der Waals surface area contributed by atoms with Crippen LogP contribution in [-0.2, 0) is 4.79 Å². The molecule has 0 atom stereocenters. The molecule has 0 aliphatic rings. The number of amides is 2. The lowest BCUT2D eigenvalue weighted by molar-refractivity contribution is -0.116. The van der Waals surface area contributed by atoms with Crippen LogP contribution in [0.5, 0.6) is 0 Å². The summed E-state index contributed by atoms with van der Waals surface area (Å²) in [6, 6.07) is 13.0. The van der Waals surface area contributed by atoms with Crippen LogP contribution < -0.4 is 5.32 Å². The second-order valence-electron chi connectivity index (χ2n) is 6.04. The highest BCUT2D eigenvalue weighted by atomic mass is 32.1. The Morgan fingerprint density at radius 2 is 1.96 bits per heavy atom. The van der Waals surface area contributed by atoms with E-state index >= 15 is 0 Å². The monoisotopic (exact) mass is 368 g/mol. The van der Waals surface area contributed by atoms with Crippen molar-refractivity contribution in [3.63, 3.8) is 0 Å². The molecule has 0 unspecified atom stereocenters. The van der Waals surface area contributed by atoms with Gasteiger partial charge in [0.15, 0.2) is 0 Å². The maximum absolute atomic E-state index is 12.4. The Bertz CT molecular complexity index is 931. The standard InChI is InChI=1S/C19H20N4O2S/c1-13-11-14(2)23(21-13)16-8-5-4-7-15(16)20-18(24)12-22(3)19(25)17-9-6-10-26-17/h4-11H,12H2,1-3H3,(H,20,24). The number of anilines is 1. The molecule has 0 bridgehead atoms. The summed E-state index contributed by atoms with van der Waals surface area (Å²) >= 11 is 1.36. The van der Waals surface area contributed by atoms with E-state index in [9.17, 15) is 9.59 Å². The summed E-state index contributed by atoms with van der Waals surface area (Å²) in [5.74, 6) is -0.423. The number of nitrogens with one attached hydrogen (secondary N) is 1. The first-order chi connectivity index (χ1) is 12.5. The van der Waals surface area contributed by atoms with E-state index in [0.717, 1.165) is 17.1 Å². The van der Waals surface area contributed by atoms with Crippen LogP contribution in [0.3, 0.4) is 0 Å². The van der Waals surface area contributed by atoms with E-state index < -0.39 is 0 Å². The third-order valence-corrected chi connectivity index (χ3v) is 4.73. The smallest absolute Gasteiger partial charge is 0.264 e. The van der Waals surface area contributed by atoms with E-state index in [4.69, 9.17) is 0 Å². The van der Waals surface area contributed by atoms with E-state index in [2.05, 4.69) is 10.4 Å². The number of nitrogens with zero attached hydrogens (tertiary/aromatic N) is 3. The minimum atomic E-state index is -0.258. The fraction of sp³-hybridized carbons (Fsp3) is 0.211. The minimum absolute atomic E-state index is 0.0256. The summed E-state index contributed by atoms with van der Waals surface area (Å²) in [6.07, 6.45) is 0. The van der Waals surface area contributed by atoms with E-state index in [1.165, 1.54) is 16.2 Å². The third-order valence-electron chi connectivity index (χ3n) is 3.88. The van der Waals surface area contributed by atoms with Gasteiger partial charge in [-0.3, -0.25) is 9.59 Å². The number of carbonyl (C=O) groups is 2. The lowest BCUT2D eigenvalue weighted by Gasteiger charge is -2.17. The van der Waals surface area contributed by atoms with Gasteiger partial charge in [-0.15, -0.1) is 11.3 Å². The summed E-state index contributed by atoms with van der Waals surface area (Å²) in [4.78, 5) is 26.7. The summed E-state index contributed by atoms with van der Waals surface area (Å²) in [5, 5.41) is 9.20. The third kappa shape index (κ3) is 3.83. The number of hydrogen-bond donors (Lipinski definition) is 1. The van der Waals surface area contributed by atoms with E-state index in [-0.39, 0.29) is 18.4 Å². The number of para-hydroxylation sites is 2. The first-order valence-corrected chi connectivity index (χ1v) is 9.05. The molecule has 0 saturated heterocycles. The Morgan fingerprint density at radius 3 is 2.62 bits per heavy atom. The SMILES string of the molecule is Cc1cc(C)n(-c2ccccc2NC(=O)CN(C)C(=O)c2cccs2)n1. The van der Waals surface area contributed by atoms with Crippen LogP contribution in [0, 0.1) is 13.8 Å². The average Bonchev–Trinajstić information content (AvgIpc) is 3.24. The number of benzene rings is 1. The molecule has 2 amide bonds. The number of carbonyl (C=O) groups excluding carboxylic acids is 2. The van der Waals surface area contributed by atoms with Crippen LogP contribution in [0.2, 0.25) is 0 Å². The van der Waals surface area contributed by atoms with Crippen molar-refractivity contribution in [1.82, 2.24) is 14.7 Å². The normalized spacial score (nSPS) is 10.6. The highest BCUT2D eigenvalue weighted by Crippen LogP contribution is 2.21. The van der Waals surface area contributed by atoms with Crippen molar-refractivity contribution in [1.29, 1.82) is 0 Å². The molecule has 3 aromatic rings. The molecule has 7 heteroatoms. The first kappa shape index (κ1) is 17.9. The van der Waals surface area contributed by atoms with Crippen LogP contribution in [0.4, 0.5) is 5.69 Å². The Labute approximate surface area is 156 Å². The molecule has 6 nitrogen and oxygen atoms in total. The van der Waals surface area contributed by atoms with Gasteiger partial charge in [-0.05, 0) is 43.5 Å². The largest absolute Gasteiger partial charge is 0.332 e. The molecule has 3 rings (SSSR count). The van der Waals surface area contributed by atoms with Crippen LogP contribution >= 0.6 is 11.3 Å². The molecule has 0 fully saturated rings. The van der Waals surface area contributed by atoms with Gasteiger partial charge in [0.1, 0.15) is 0 Å². The van der Waals surface area contributed by atoms with Crippen LogP contribution in [0.1, 0.15) is 21.1 Å². The fourth-order valence-electron chi connectivity index (χ4n) is 2.70.